The molecule has 0 aliphatic carbocycles. The summed E-state index contributed by atoms with van der Waals surface area (Å²) in [5, 5.41) is 34.1. The lowest BCUT2D eigenvalue weighted by Crippen LogP contribution is -2.32. The molecule has 4 aromatic carbocycles. The van der Waals surface area contributed by atoms with Crippen LogP contribution < -0.4 is 19.6 Å². The number of hydrogen-bond acceptors (Lipinski definition) is 10. The van der Waals surface area contributed by atoms with Crippen molar-refractivity contribution < 1.29 is 33.9 Å². The highest BCUT2D eigenvalue weighted by Crippen LogP contribution is 2.42. The number of ether oxygens (including phenoxy) is 3. The van der Waals surface area contributed by atoms with E-state index < -0.39 is 17.6 Å². The molecule has 3 N–H and O–H groups in total. The van der Waals surface area contributed by atoms with E-state index in [4.69, 9.17) is 18.6 Å². The maximum Gasteiger partial charge on any atom is 0.204 e. The highest BCUT2D eigenvalue weighted by molar-refractivity contribution is 5.98. The molecule has 0 aliphatic heterocycles. The summed E-state index contributed by atoms with van der Waals surface area (Å²) in [6.07, 6.45) is 2.91. The van der Waals surface area contributed by atoms with Gasteiger partial charge in [-0.1, -0.05) is 84.0 Å². The van der Waals surface area contributed by atoms with Crippen molar-refractivity contribution in [3.63, 3.8) is 0 Å². The molecular formula is C46H56N2O8. The quantitative estimate of drug-likeness (QED) is 0.0578. The Labute approximate surface area is 329 Å². The van der Waals surface area contributed by atoms with Crippen LogP contribution >= 0.6 is 0 Å². The maximum absolute atomic E-state index is 14.5. The van der Waals surface area contributed by atoms with Gasteiger partial charge in [-0.05, 0) is 65.8 Å². The summed E-state index contributed by atoms with van der Waals surface area (Å²) in [5.74, 6) is 0.726. The Kier molecular flexibility index (Phi) is 14.7. The molecule has 5 aromatic rings. The summed E-state index contributed by atoms with van der Waals surface area (Å²) in [4.78, 5) is 18.6. The Balaban J connectivity index is 1.50. The first-order chi connectivity index (χ1) is 26.8. The molecule has 298 valence electrons. The molecule has 2 unspecified atom stereocenters. The van der Waals surface area contributed by atoms with E-state index in [1.54, 1.807) is 12.1 Å². The lowest BCUT2D eigenvalue weighted by atomic mass is 9.98. The normalized spacial score (nSPS) is 12.6. The minimum atomic E-state index is -0.834. The number of fused-ring (bicyclic) bond motifs is 2. The Bertz CT molecular complexity index is 2190. The van der Waals surface area contributed by atoms with Gasteiger partial charge in [-0.2, -0.15) is 0 Å². The molecule has 0 bridgehead atoms. The molecule has 10 heteroatoms. The van der Waals surface area contributed by atoms with Gasteiger partial charge in [0.1, 0.15) is 53.5 Å². The number of phenols is 1. The monoisotopic (exact) mass is 764 g/mol. The second kappa shape index (κ2) is 19.6. The second-order valence-corrected chi connectivity index (χ2v) is 15.0. The SMILES string of the molecule is COc1c(OCC(O)CN(C)Cc2ccccc2)cc2oc3cc(OCC(O)CN(C)Cc4ccccc4)c(CC=C(C)C)c(O)c3c(=O)c2c1CC=C(C)C. The van der Waals surface area contributed by atoms with Crippen LogP contribution in [0.2, 0.25) is 0 Å². The van der Waals surface area contributed by atoms with Gasteiger partial charge in [0, 0.05) is 49.4 Å². The van der Waals surface area contributed by atoms with E-state index >= 15 is 0 Å². The van der Waals surface area contributed by atoms with Crippen LogP contribution in [0.5, 0.6) is 23.0 Å². The summed E-state index contributed by atoms with van der Waals surface area (Å²) >= 11 is 0. The molecule has 2 atom stereocenters. The van der Waals surface area contributed by atoms with Crippen molar-refractivity contribution in [2.45, 2.75) is 65.8 Å². The zero-order chi connectivity index (χ0) is 40.4. The third-order valence-electron chi connectivity index (χ3n) is 9.44. The van der Waals surface area contributed by atoms with Crippen LogP contribution in [-0.4, -0.2) is 84.8 Å². The molecule has 0 saturated heterocycles. The Morgan fingerprint density at radius 3 is 1.68 bits per heavy atom. The van der Waals surface area contributed by atoms with E-state index in [0.29, 0.717) is 67.4 Å². The van der Waals surface area contributed by atoms with Crippen molar-refractivity contribution in [1.29, 1.82) is 0 Å². The zero-order valence-electron chi connectivity index (χ0n) is 33.7. The number of aliphatic hydroxyl groups excluding tert-OH is 2. The van der Waals surface area contributed by atoms with Crippen molar-refractivity contribution in [2.24, 2.45) is 0 Å². The molecular weight excluding hydrogens is 709 g/mol. The standard InChI is InChI=1S/C46H56N2O8/c1-30(2)18-20-36-38(54-28-34(49)26-47(5)24-32-14-10-8-11-15-32)22-40-43(44(36)51)45(52)42-37(21-19-31(3)4)46(53-7)41(23-39(42)56-40)55-29-35(50)27-48(6)25-33-16-12-9-13-17-33/h8-19,22-23,34-35,49-51H,20-21,24-29H2,1-7H3. The molecule has 0 aliphatic rings. The molecule has 0 fully saturated rings. The summed E-state index contributed by atoms with van der Waals surface area (Å²) in [5.41, 5.74) is 5.22. The molecule has 0 saturated carbocycles. The van der Waals surface area contributed by atoms with E-state index in [1.807, 2.05) is 124 Å². The first kappa shape index (κ1) is 42.0. The Hall–Kier alpha value is -5.13. The predicted octanol–water partition coefficient (Wildman–Crippen LogP) is 7.42. The molecule has 5 rings (SSSR count). The lowest BCUT2D eigenvalue weighted by Gasteiger charge is -2.22. The van der Waals surface area contributed by atoms with Gasteiger partial charge in [0.25, 0.3) is 0 Å². The van der Waals surface area contributed by atoms with E-state index in [2.05, 4.69) is 0 Å². The number of allylic oxidation sites excluding steroid dienone is 4. The number of aliphatic hydroxyl groups is 2. The third kappa shape index (κ3) is 11.0. The number of hydrogen-bond donors (Lipinski definition) is 3. The molecule has 56 heavy (non-hydrogen) atoms. The van der Waals surface area contributed by atoms with Crippen LogP contribution in [0.1, 0.15) is 49.9 Å². The van der Waals surface area contributed by atoms with Crippen LogP contribution in [-0.2, 0) is 25.9 Å². The van der Waals surface area contributed by atoms with Gasteiger partial charge in [0.15, 0.2) is 11.5 Å². The summed E-state index contributed by atoms with van der Waals surface area (Å²) in [6, 6.07) is 23.2. The van der Waals surface area contributed by atoms with Gasteiger partial charge < -0.3 is 33.9 Å². The average molecular weight is 765 g/mol. The second-order valence-electron chi connectivity index (χ2n) is 15.0. The molecule has 0 spiro atoms. The summed E-state index contributed by atoms with van der Waals surface area (Å²) < 4.78 is 24.7. The summed E-state index contributed by atoms with van der Waals surface area (Å²) in [6.45, 7) is 9.82. The number of methoxy groups -OCH3 is 1. The maximum atomic E-state index is 14.5. The predicted molar refractivity (Wildman–Crippen MR) is 223 cm³/mol. The molecule has 0 amide bonds. The zero-order valence-corrected chi connectivity index (χ0v) is 33.7. The smallest absolute Gasteiger partial charge is 0.204 e. The fourth-order valence-electron chi connectivity index (χ4n) is 6.78. The van der Waals surface area contributed by atoms with Crippen molar-refractivity contribution in [2.75, 3.05) is 47.5 Å². The number of nitrogens with zero attached hydrogens (tertiary/aromatic N) is 2. The largest absolute Gasteiger partial charge is 0.507 e. The minimum Gasteiger partial charge on any atom is -0.507 e. The number of likely N-dealkylation sites (N-methyl/N-ethyl adjacent to an activating group) is 2. The van der Waals surface area contributed by atoms with Gasteiger partial charge in [-0.3, -0.25) is 14.6 Å². The van der Waals surface area contributed by atoms with Crippen LogP contribution in [0.15, 0.2) is 105 Å². The number of aromatic hydroxyl groups is 1. The van der Waals surface area contributed by atoms with Crippen LogP contribution in [0.25, 0.3) is 21.9 Å². The van der Waals surface area contributed by atoms with Gasteiger partial charge >= 0.3 is 0 Å². The van der Waals surface area contributed by atoms with Crippen LogP contribution in [0, 0.1) is 0 Å². The first-order valence-electron chi connectivity index (χ1n) is 19.0. The van der Waals surface area contributed by atoms with Gasteiger partial charge in [0.05, 0.1) is 12.5 Å². The van der Waals surface area contributed by atoms with E-state index in [0.717, 1.165) is 22.3 Å². The van der Waals surface area contributed by atoms with E-state index in [1.165, 1.54) is 7.11 Å². The minimum absolute atomic E-state index is 0.0243. The highest BCUT2D eigenvalue weighted by Gasteiger charge is 2.25. The number of rotatable bonds is 19. The van der Waals surface area contributed by atoms with E-state index in [9.17, 15) is 20.1 Å². The summed E-state index contributed by atoms with van der Waals surface area (Å²) in [7, 11) is 5.38. The van der Waals surface area contributed by atoms with Crippen molar-refractivity contribution in [3.8, 4) is 23.0 Å². The number of benzene rings is 4. The van der Waals surface area contributed by atoms with Crippen LogP contribution in [0.3, 0.4) is 0 Å². The fraction of sp³-hybridized carbons (Fsp3) is 0.370. The van der Waals surface area contributed by atoms with Gasteiger partial charge in [-0.25, -0.2) is 0 Å². The number of phenolic OH excluding ortho intramolecular Hbond substituents is 1. The first-order valence-corrected chi connectivity index (χ1v) is 19.0. The Morgan fingerprint density at radius 2 is 1.18 bits per heavy atom. The topological polar surface area (TPSA) is 125 Å². The van der Waals surface area contributed by atoms with Gasteiger partial charge in [-0.15, -0.1) is 0 Å². The fourth-order valence-corrected chi connectivity index (χ4v) is 6.78. The third-order valence-corrected chi connectivity index (χ3v) is 9.44. The molecule has 0 radical (unpaired) electrons. The average Bonchev–Trinajstić information content (AvgIpc) is 3.15. The molecule has 1 aromatic heterocycles. The molecule has 1 heterocycles. The van der Waals surface area contributed by atoms with Crippen LogP contribution in [0.4, 0.5) is 0 Å². The Morgan fingerprint density at radius 1 is 0.714 bits per heavy atom. The lowest BCUT2D eigenvalue weighted by molar-refractivity contribution is 0.0732. The van der Waals surface area contributed by atoms with Crippen molar-refractivity contribution in [1.82, 2.24) is 9.80 Å². The van der Waals surface area contributed by atoms with Crippen molar-refractivity contribution >= 4 is 21.9 Å². The van der Waals surface area contributed by atoms with E-state index in [-0.39, 0.29) is 40.9 Å². The molecule has 10 nitrogen and oxygen atoms in total. The van der Waals surface area contributed by atoms with Crippen molar-refractivity contribution in [3.05, 3.63) is 129 Å². The highest BCUT2D eigenvalue weighted by atomic mass is 16.5. The van der Waals surface area contributed by atoms with Gasteiger partial charge in [0.2, 0.25) is 5.43 Å².